The number of rotatable bonds is 3. The fraction of sp³-hybridized carbons (Fsp3) is 0.429. The van der Waals surface area contributed by atoms with Crippen LogP contribution in [-0.4, -0.2) is 13.6 Å². The van der Waals surface area contributed by atoms with E-state index >= 15 is 0 Å². The van der Waals surface area contributed by atoms with Gasteiger partial charge in [-0.05, 0) is 35.1 Å². The number of hydrogen-bond donors (Lipinski definition) is 1. The topological polar surface area (TPSA) is 12.0 Å². The molecule has 1 aromatic rings. The largest absolute Gasteiger partial charge is 0.316 e. The van der Waals surface area contributed by atoms with Crippen molar-refractivity contribution in [3.8, 4) is 0 Å². The first kappa shape index (κ1) is 9.16. The lowest BCUT2D eigenvalue weighted by Gasteiger charge is -2.02. The van der Waals surface area contributed by atoms with Gasteiger partial charge in [0.05, 0.1) is 3.79 Å². The smallest absolute Gasteiger partial charge is 0.147 e. The highest BCUT2D eigenvalue weighted by Gasteiger charge is 2.09. The number of thiophene rings is 1. The van der Waals surface area contributed by atoms with Gasteiger partial charge in [0.1, 0.15) is 6.17 Å². The number of likely N-dealkylation sites (N-methyl/N-ethyl adjacent to an activating group) is 1. The molecule has 0 bridgehead atoms. The second-order valence-corrected chi connectivity index (χ2v) is 4.66. The molecule has 0 aromatic carbocycles. The van der Waals surface area contributed by atoms with Crippen molar-refractivity contribution in [2.75, 3.05) is 13.6 Å². The van der Waals surface area contributed by atoms with E-state index < -0.39 is 6.17 Å². The van der Waals surface area contributed by atoms with Crippen LogP contribution < -0.4 is 5.32 Å². The third kappa shape index (κ3) is 2.54. The zero-order valence-corrected chi connectivity index (χ0v) is 8.51. The van der Waals surface area contributed by atoms with Crippen molar-refractivity contribution in [3.63, 3.8) is 0 Å². The average molecular weight is 238 g/mol. The SMILES string of the molecule is CNCC(F)c1ccc(Br)s1. The summed E-state index contributed by atoms with van der Waals surface area (Å²) in [7, 11) is 1.75. The molecular weight excluding hydrogens is 229 g/mol. The molecule has 0 spiro atoms. The van der Waals surface area contributed by atoms with Crippen molar-refractivity contribution >= 4 is 27.3 Å². The molecule has 4 heteroatoms. The molecule has 1 rings (SSSR count). The Labute approximate surface area is 77.7 Å². The zero-order chi connectivity index (χ0) is 8.27. The van der Waals surface area contributed by atoms with Crippen molar-refractivity contribution in [2.24, 2.45) is 0 Å². The zero-order valence-electron chi connectivity index (χ0n) is 6.10. The number of halogens is 2. The molecule has 62 valence electrons. The minimum absolute atomic E-state index is 0.382. The van der Waals surface area contributed by atoms with Crippen molar-refractivity contribution in [2.45, 2.75) is 6.17 Å². The molecule has 1 heterocycles. The molecule has 1 aromatic heterocycles. The van der Waals surface area contributed by atoms with Gasteiger partial charge in [0.2, 0.25) is 0 Å². The Balaban J connectivity index is 2.60. The first-order chi connectivity index (χ1) is 5.24. The number of alkyl halides is 1. The van der Waals surface area contributed by atoms with Crippen LogP contribution in [0.5, 0.6) is 0 Å². The first-order valence-electron chi connectivity index (χ1n) is 3.28. The lowest BCUT2D eigenvalue weighted by Crippen LogP contribution is -2.12. The fourth-order valence-corrected chi connectivity index (χ4v) is 2.18. The summed E-state index contributed by atoms with van der Waals surface area (Å²) in [6, 6.07) is 3.67. The van der Waals surface area contributed by atoms with E-state index in [9.17, 15) is 4.39 Å². The Kier molecular flexibility index (Phi) is 3.48. The highest BCUT2D eigenvalue weighted by atomic mass is 79.9. The molecule has 0 saturated carbocycles. The number of hydrogen-bond acceptors (Lipinski definition) is 2. The van der Waals surface area contributed by atoms with Crippen LogP contribution in [0, 0.1) is 0 Å². The first-order valence-corrected chi connectivity index (χ1v) is 4.89. The Morgan fingerprint density at radius 1 is 1.73 bits per heavy atom. The van der Waals surface area contributed by atoms with Gasteiger partial charge in [0.15, 0.2) is 0 Å². The van der Waals surface area contributed by atoms with Gasteiger partial charge in [-0.1, -0.05) is 0 Å². The van der Waals surface area contributed by atoms with Crippen LogP contribution in [0.15, 0.2) is 15.9 Å². The van der Waals surface area contributed by atoms with Crippen molar-refractivity contribution in [3.05, 3.63) is 20.8 Å². The predicted molar refractivity (Wildman–Crippen MR) is 49.8 cm³/mol. The molecule has 1 atom stereocenters. The minimum atomic E-state index is -0.878. The third-order valence-electron chi connectivity index (χ3n) is 1.29. The van der Waals surface area contributed by atoms with Gasteiger partial charge < -0.3 is 5.32 Å². The second kappa shape index (κ2) is 4.18. The summed E-state index contributed by atoms with van der Waals surface area (Å²) in [5.74, 6) is 0. The third-order valence-corrected chi connectivity index (χ3v) is 2.99. The standard InChI is InChI=1S/C7H9BrFNS/c1-10-4-5(9)6-2-3-7(8)11-6/h2-3,5,10H,4H2,1H3. The van der Waals surface area contributed by atoms with Crippen molar-refractivity contribution < 1.29 is 4.39 Å². The van der Waals surface area contributed by atoms with Crippen LogP contribution in [0.25, 0.3) is 0 Å². The highest BCUT2D eigenvalue weighted by Crippen LogP contribution is 2.28. The summed E-state index contributed by atoms with van der Waals surface area (Å²) in [5.41, 5.74) is 0. The minimum Gasteiger partial charge on any atom is -0.316 e. The summed E-state index contributed by atoms with van der Waals surface area (Å²) in [5, 5.41) is 2.79. The fourth-order valence-electron chi connectivity index (χ4n) is 0.776. The molecule has 11 heavy (non-hydrogen) atoms. The van der Waals surface area contributed by atoms with Crippen LogP contribution in [0.2, 0.25) is 0 Å². The van der Waals surface area contributed by atoms with E-state index in [1.165, 1.54) is 11.3 Å². The molecule has 1 unspecified atom stereocenters. The maximum atomic E-state index is 13.1. The highest BCUT2D eigenvalue weighted by molar-refractivity contribution is 9.11. The summed E-state index contributed by atoms with van der Waals surface area (Å²) >= 11 is 4.72. The van der Waals surface area contributed by atoms with Gasteiger partial charge in [0, 0.05) is 11.4 Å². The monoisotopic (exact) mass is 237 g/mol. The molecule has 0 aliphatic heterocycles. The van der Waals surface area contributed by atoms with Gasteiger partial charge in [-0.2, -0.15) is 0 Å². The Hall–Kier alpha value is 0.0700. The molecule has 0 saturated heterocycles. The maximum Gasteiger partial charge on any atom is 0.147 e. The van der Waals surface area contributed by atoms with Crippen LogP contribution in [-0.2, 0) is 0 Å². The van der Waals surface area contributed by atoms with Crippen LogP contribution >= 0.6 is 27.3 Å². The van der Waals surface area contributed by atoms with E-state index in [4.69, 9.17) is 0 Å². The lowest BCUT2D eigenvalue weighted by molar-refractivity contribution is 0.341. The van der Waals surface area contributed by atoms with Crippen LogP contribution in [0.4, 0.5) is 4.39 Å². The summed E-state index contributed by atoms with van der Waals surface area (Å²) in [6.07, 6.45) is -0.878. The Bertz CT molecular complexity index is 226. The van der Waals surface area contributed by atoms with Crippen LogP contribution in [0.1, 0.15) is 11.0 Å². The van der Waals surface area contributed by atoms with Crippen LogP contribution in [0.3, 0.4) is 0 Å². The van der Waals surface area contributed by atoms with Crippen molar-refractivity contribution in [1.82, 2.24) is 5.32 Å². The summed E-state index contributed by atoms with van der Waals surface area (Å²) < 4.78 is 14.1. The van der Waals surface area contributed by atoms with Gasteiger partial charge >= 0.3 is 0 Å². The van der Waals surface area contributed by atoms with Gasteiger partial charge in [-0.15, -0.1) is 11.3 Å². The van der Waals surface area contributed by atoms with E-state index in [0.29, 0.717) is 6.54 Å². The summed E-state index contributed by atoms with van der Waals surface area (Å²) in [4.78, 5) is 0.770. The predicted octanol–water partition coefficient (Wildman–Crippen LogP) is 2.74. The molecule has 0 amide bonds. The summed E-state index contributed by atoms with van der Waals surface area (Å²) in [6.45, 7) is 0.382. The van der Waals surface area contributed by atoms with Crippen molar-refractivity contribution in [1.29, 1.82) is 0 Å². The van der Waals surface area contributed by atoms with E-state index in [1.54, 1.807) is 13.1 Å². The quantitative estimate of drug-likeness (QED) is 0.853. The maximum absolute atomic E-state index is 13.1. The lowest BCUT2D eigenvalue weighted by atomic mass is 10.3. The van der Waals surface area contributed by atoms with Gasteiger partial charge in [0.25, 0.3) is 0 Å². The molecular formula is C7H9BrFNS. The van der Waals surface area contributed by atoms with E-state index in [1.807, 2.05) is 6.07 Å². The van der Waals surface area contributed by atoms with Gasteiger partial charge in [-0.3, -0.25) is 0 Å². The second-order valence-electron chi connectivity index (χ2n) is 2.17. The molecule has 1 nitrogen and oxygen atoms in total. The molecule has 0 radical (unpaired) electrons. The molecule has 1 N–H and O–H groups in total. The number of nitrogens with one attached hydrogen (secondary N) is 1. The molecule has 0 aliphatic carbocycles. The Morgan fingerprint density at radius 3 is 2.91 bits per heavy atom. The molecule has 0 fully saturated rings. The Morgan fingerprint density at radius 2 is 2.45 bits per heavy atom. The van der Waals surface area contributed by atoms with E-state index in [-0.39, 0.29) is 0 Å². The van der Waals surface area contributed by atoms with E-state index in [0.717, 1.165) is 8.66 Å². The normalized spacial score (nSPS) is 13.4. The van der Waals surface area contributed by atoms with E-state index in [2.05, 4.69) is 21.2 Å². The van der Waals surface area contributed by atoms with Gasteiger partial charge in [-0.25, -0.2) is 4.39 Å². The average Bonchev–Trinajstić information content (AvgIpc) is 2.36. The molecule has 0 aliphatic rings.